The standard InChI is InChI=1S/C78H36N8O2S12/c1-33-13-21-53(89-33)77(54-22-14-34(2)90-54)59-69-51(27-49(93-69)45-19-17-37(63-65(45)85-99-83-63)25-47-57(39(29-79)30-80)41-9-5-7-11-43(41)67(47)87)95-71(59)73-61(77)75-76(97-73)62-74(98-75)72-60(78(62,55-23-15-35(3)91-55)56-24-16-36(4)92-56)70-52(96-72)28-50(94-70)46-20-18-38(64-66(46)86-100-84-64)26-48-58(40(31-81)32-82)42-10-6-8-12-44(42)68(48)88/h5-28H,1-4H3/b47-25-,48-26-. The summed E-state index contributed by atoms with van der Waals surface area (Å²) < 4.78 is 27.2. The number of rotatable bonds is 8. The predicted octanol–water partition coefficient (Wildman–Crippen LogP) is 23.2. The molecular weight excluding hydrogens is 1470 g/mol. The van der Waals surface area contributed by atoms with Crippen molar-refractivity contribution in [1.29, 1.82) is 21.0 Å². The second-order valence-corrected chi connectivity index (χ2v) is 37.2. The third-order valence-electron chi connectivity index (χ3n) is 19.5. The maximum absolute atomic E-state index is 14.1. The lowest BCUT2D eigenvalue weighted by Crippen LogP contribution is -2.26. The van der Waals surface area contributed by atoms with Gasteiger partial charge in [0.25, 0.3) is 0 Å². The Balaban J connectivity index is 0.772. The van der Waals surface area contributed by atoms with Gasteiger partial charge >= 0.3 is 0 Å². The van der Waals surface area contributed by atoms with Gasteiger partial charge in [0, 0.05) is 136 Å². The molecule has 22 heteroatoms. The van der Waals surface area contributed by atoms with Gasteiger partial charge in [-0.15, -0.1) is 113 Å². The quantitative estimate of drug-likeness (QED) is 0.105. The molecule has 0 saturated carbocycles. The van der Waals surface area contributed by atoms with Crippen molar-refractivity contribution in [3.63, 3.8) is 0 Å². The Bertz CT molecular complexity index is 6280. The highest BCUT2D eigenvalue weighted by molar-refractivity contribution is 7.38. The SMILES string of the molecule is Cc1ccc(C2(c3ccc(C)s3)c3c(sc4cc(-c5ccc(/C=C6\C(=O)c7ccccc7C6=C(C#N)C#N)c6nsnc56)sc34)-c3sc4c5c(sc4c32)-c2sc3cc(-c4ccc(/C=C6\C(=O)c7ccccc7C6=C(C#N)C#N)c6nsnc46)sc3c2C5(c2ccc(C)s2)c2ccc(C)s2)s1. The fourth-order valence-electron chi connectivity index (χ4n) is 15.4. The number of benzene rings is 4. The molecular formula is C78H36N8O2S12. The molecule has 0 fully saturated rings. The lowest BCUT2D eigenvalue weighted by atomic mass is 9.75. The summed E-state index contributed by atoms with van der Waals surface area (Å²) in [7, 11) is 0. The molecule has 12 aromatic heterocycles. The minimum atomic E-state index is -0.653. The molecule has 0 N–H and O–H groups in total. The van der Waals surface area contributed by atoms with E-state index in [4.69, 9.17) is 17.5 Å². The molecule has 20 rings (SSSR count). The van der Waals surface area contributed by atoms with Crippen LogP contribution in [0.2, 0.25) is 0 Å². The summed E-state index contributed by atoms with van der Waals surface area (Å²) in [6.45, 7) is 8.90. The molecule has 0 atom stereocenters. The van der Waals surface area contributed by atoms with Gasteiger partial charge in [-0.2, -0.15) is 38.5 Å². The third kappa shape index (κ3) is 8.04. The van der Waals surface area contributed by atoms with Crippen LogP contribution < -0.4 is 0 Å². The van der Waals surface area contributed by atoms with Gasteiger partial charge in [0.2, 0.25) is 0 Å². The van der Waals surface area contributed by atoms with Crippen LogP contribution >= 0.6 is 137 Å². The molecule has 4 aromatic carbocycles. The topological polar surface area (TPSA) is 181 Å². The Morgan fingerprint density at radius 2 is 0.710 bits per heavy atom. The Morgan fingerprint density at radius 1 is 0.370 bits per heavy atom. The Labute approximate surface area is 617 Å². The smallest absolute Gasteiger partial charge is 0.194 e. The molecule has 0 saturated heterocycles. The van der Waals surface area contributed by atoms with Gasteiger partial charge in [0.15, 0.2) is 11.6 Å². The van der Waals surface area contributed by atoms with Gasteiger partial charge in [-0.1, -0.05) is 72.8 Å². The van der Waals surface area contributed by atoms with Gasteiger partial charge in [0.05, 0.1) is 72.6 Å². The molecule has 0 bridgehead atoms. The monoisotopic (exact) mass is 1500 g/mol. The van der Waals surface area contributed by atoms with Crippen LogP contribution in [0.25, 0.3) is 114 Å². The maximum Gasteiger partial charge on any atom is 0.194 e. The van der Waals surface area contributed by atoms with Crippen molar-refractivity contribution < 1.29 is 9.59 Å². The van der Waals surface area contributed by atoms with Crippen LogP contribution in [0.3, 0.4) is 0 Å². The number of nitriles is 4. The number of fused-ring (bicyclic) bond motifs is 17. The summed E-state index contributed by atoms with van der Waals surface area (Å²) in [5.41, 5.74) is 13.2. The average molecular weight is 1500 g/mol. The lowest BCUT2D eigenvalue weighted by Gasteiger charge is -2.30. The minimum Gasteiger partial charge on any atom is -0.289 e. The first-order valence-corrected chi connectivity index (χ1v) is 40.8. The number of carbonyl (C=O) groups excluding carboxylic acids is 2. The summed E-state index contributed by atoms with van der Waals surface area (Å²) in [5.74, 6) is -0.483. The summed E-state index contributed by atoms with van der Waals surface area (Å²) in [5, 5.41) is 40.5. The van der Waals surface area contributed by atoms with Gasteiger partial charge in [-0.05, 0) is 112 Å². The summed E-state index contributed by atoms with van der Waals surface area (Å²) in [6, 6.07) is 54.0. The van der Waals surface area contributed by atoms with Crippen LogP contribution in [0, 0.1) is 73.0 Å². The second-order valence-electron chi connectivity index (χ2n) is 24.8. The van der Waals surface area contributed by atoms with Crippen LogP contribution in [-0.4, -0.2) is 29.1 Å². The normalized spacial score (nSPS) is 15.4. The molecule has 0 amide bonds. The zero-order valence-corrected chi connectivity index (χ0v) is 61.9. The first kappa shape index (κ1) is 60.5. The molecule has 472 valence electrons. The molecule has 0 aliphatic heterocycles. The minimum absolute atomic E-state index is 0.114. The molecule has 100 heavy (non-hydrogen) atoms. The van der Waals surface area contributed by atoms with Gasteiger partial charge < -0.3 is 0 Å². The molecule has 12 heterocycles. The van der Waals surface area contributed by atoms with E-state index < -0.39 is 10.8 Å². The lowest BCUT2D eigenvalue weighted by molar-refractivity contribution is 0.103. The number of aryl methyl sites for hydroxylation is 4. The van der Waals surface area contributed by atoms with E-state index >= 15 is 0 Å². The van der Waals surface area contributed by atoms with Crippen LogP contribution in [0.5, 0.6) is 0 Å². The van der Waals surface area contributed by atoms with Crippen molar-refractivity contribution >= 4 is 222 Å². The highest BCUT2D eigenvalue weighted by atomic mass is 32.1. The highest BCUT2D eigenvalue weighted by Crippen LogP contribution is 2.74. The average Bonchev–Trinajstić information content (AvgIpc) is 1.47. The third-order valence-corrected chi connectivity index (χ3v) is 32.8. The number of thiophene rings is 10. The fraction of sp³-hybridized carbons (Fsp3) is 0.0769. The first-order chi connectivity index (χ1) is 48.8. The van der Waals surface area contributed by atoms with E-state index in [1.165, 1.54) is 109 Å². The zero-order chi connectivity index (χ0) is 67.5. The number of allylic oxidation sites excluding steroid dienone is 6. The maximum atomic E-state index is 14.1. The Hall–Kier alpha value is -9.44. The van der Waals surface area contributed by atoms with E-state index in [1.54, 1.807) is 48.6 Å². The summed E-state index contributed by atoms with van der Waals surface area (Å²) in [6.07, 6.45) is 3.54. The van der Waals surface area contributed by atoms with Gasteiger partial charge in [0.1, 0.15) is 57.5 Å². The molecule has 10 nitrogen and oxygen atoms in total. The van der Waals surface area contributed by atoms with E-state index in [0.717, 1.165) is 55.4 Å². The van der Waals surface area contributed by atoms with E-state index in [-0.39, 0.29) is 33.9 Å². The van der Waals surface area contributed by atoms with Crippen molar-refractivity contribution in [2.75, 3.05) is 0 Å². The van der Waals surface area contributed by atoms with Crippen LogP contribution in [-0.2, 0) is 10.8 Å². The van der Waals surface area contributed by atoms with Crippen molar-refractivity contribution in [2.45, 2.75) is 38.5 Å². The highest BCUT2D eigenvalue weighted by Gasteiger charge is 2.58. The number of hydrogen-bond donors (Lipinski definition) is 0. The largest absolute Gasteiger partial charge is 0.289 e. The molecule has 4 aliphatic rings. The second kappa shape index (κ2) is 22.0. The summed E-state index contributed by atoms with van der Waals surface area (Å²) in [4.78, 5) is 45.8. The fourth-order valence-corrected chi connectivity index (χ4v) is 30.0. The van der Waals surface area contributed by atoms with Crippen molar-refractivity contribution in [2.24, 2.45) is 0 Å². The number of Topliss-reactive ketones (excluding diaryl/α,β-unsaturated/α-hetero) is 2. The van der Waals surface area contributed by atoms with Crippen LogP contribution in [0.4, 0.5) is 0 Å². The van der Waals surface area contributed by atoms with Crippen molar-refractivity contribution in [3.05, 3.63) is 250 Å². The van der Waals surface area contributed by atoms with E-state index in [9.17, 15) is 30.6 Å². The Kier molecular flexibility index (Phi) is 13.3. The first-order valence-electron chi connectivity index (χ1n) is 31.2. The number of ketones is 2. The number of nitrogens with zero attached hydrogens (tertiary/aromatic N) is 8. The molecule has 16 aromatic rings. The van der Waals surface area contributed by atoms with Crippen LogP contribution in [0.1, 0.15) is 104 Å². The number of aromatic nitrogens is 4. The number of hydrogen-bond acceptors (Lipinski definition) is 22. The van der Waals surface area contributed by atoms with Gasteiger partial charge in [-0.25, -0.2) is 0 Å². The van der Waals surface area contributed by atoms with E-state index in [0.29, 0.717) is 55.6 Å². The van der Waals surface area contributed by atoms with Crippen molar-refractivity contribution in [3.8, 4) is 64.7 Å². The van der Waals surface area contributed by atoms with E-state index in [2.05, 4.69) is 100 Å². The van der Waals surface area contributed by atoms with Crippen molar-refractivity contribution in [1.82, 2.24) is 17.5 Å². The molecule has 0 unspecified atom stereocenters. The number of carbonyl (C=O) groups is 2. The van der Waals surface area contributed by atoms with E-state index in [1.807, 2.05) is 162 Å². The summed E-state index contributed by atoms with van der Waals surface area (Å²) >= 11 is 21.2. The predicted molar refractivity (Wildman–Crippen MR) is 418 cm³/mol. The molecule has 0 spiro atoms. The zero-order valence-electron chi connectivity index (χ0n) is 52.1. The molecule has 0 radical (unpaired) electrons. The Morgan fingerprint density at radius 3 is 1.06 bits per heavy atom. The van der Waals surface area contributed by atoms with Gasteiger partial charge in [-0.3, -0.25) is 9.59 Å². The molecule has 4 aliphatic carbocycles. The van der Waals surface area contributed by atoms with Crippen LogP contribution in [0.15, 0.2) is 156 Å².